The van der Waals surface area contributed by atoms with Crippen LogP contribution in [0.3, 0.4) is 0 Å². The number of likely N-dealkylation sites (tertiary alicyclic amines) is 1. The van der Waals surface area contributed by atoms with Gasteiger partial charge in [-0.15, -0.1) is 0 Å². The van der Waals surface area contributed by atoms with Crippen LogP contribution in [0.25, 0.3) is 11.4 Å². The van der Waals surface area contributed by atoms with Gasteiger partial charge < -0.3 is 10.2 Å². The third kappa shape index (κ3) is 3.89. The third-order valence-corrected chi connectivity index (χ3v) is 6.90. The quantitative estimate of drug-likeness (QED) is 0.579. The number of nitrogens with zero attached hydrogens (tertiary/aromatic N) is 4. The molecule has 1 N–H and O–H groups in total. The van der Waals surface area contributed by atoms with Crippen molar-refractivity contribution in [2.75, 3.05) is 18.4 Å². The summed E-state index contributed by atoms with van der Waals surface area (Å²) >= 11 is 0. The number of rotatable bonds is 3. The Balaban J connectivity index is 1.33. The Bertz CT molecular complexity index is 1250. The maximum Gasteiger partial charge on any atom is 0.229 e. The molecule has 1 amide bonds. The first kappa shape index (κ1) is 22.3. The topological polar surface area (TPSA) is 71.0 Å². The summed E-state index contributed by atoms with van der Waals surface area (Å²) in [5, 5.41) is 3.57. The third-order valence-electron chi connectivity index (χ3n) is 6.90. The van der Waals surface area contributed by atoms with Crippen LogP contribution in [-0.4, -0.2) is 44.4 Å². The highest BCUT2D eigenvalue weighted by Gasteiger charge is 2.43. The van der Waals surface area contributed by atoms with E-state index >= 15 is 0 Å². The number of carbonyl (C=O) groups excluding carboxylic acids is 1. The smallest absolute Gasteiger partial charge is 0.229 e. The molecule has 0 saturated carbocycles. The zero-order valence-corrected chi connectivity index (χ0v) is 18.9. The van der Waals surface area contributed by atoms with Crippen LogP contribution >= 0.6 is 0 Å². The number of aromatic nitrogens is 3. The summed E-state index contributed by atoms with van der Waals surface area (Å²) in [5.74, 6) is -3.71. The highest BCUT2D eigenvalue weighted by atomic mass is 19.2. The SMILES string of the molecule is Cc1nc2c(cc1-c1ncccn1)CC[C@@]1(CCN(C(=O)[C@H](C)c3cc(F)c(F)c(F)c3)C1)N2. The monoisotopic (exact) mass is 467 g/mol. The maximum absolute atomic E-state index is 13.7. The van der Waals surface area contributed by atoms with Gasteiger partial charge in [0.25, 0.3) is 0 Å². The molecular weight excluding hydrogens is 443 g/mol. The van der Waals surface area contributed by atoms with Gasteiger partial charge in [-0.25, -0.2) is 28.1 Å². The number of pyridine rings is 1. The number of halogens is 3. The van der Waals surface area contributed by atoms with E-state index in [1.807, 2.05) is 6.92 Å². The minimum absolute atomic E-state index is 0.122. The molecule has 9 heteroatoms. The van der Waals surface area contributed by atoms with E-state index in [9.17, 15) is 18.0 Å². The number of hydrogen-bond donors (Lipinski definition) is 1. The molecule has 6 nitrogen and oxygen atoms in total. The lowest BCUT2D eigenvalue weighted by Crippen LogP contribution is -2.46. The number of hydrogen-bond acceptors (Lipinski definition) is 5. The normalized spacial score (nSPS) is 20.2. The van der Waals surface area contributed by atoms with E-state index in [1.54, 1.807) is 30.3 Å². The van der Waals surface area contributed by atoms with Crippen LogP contribution in [0.1, 0.15) is 42.5 Å². The number of fused-ring (bicyclic) bond motifs is 1. The average molecular weight is 467 g/mol. The lowest BCUT2D eigenvalue weighted by atomic mass is 9.86. The molecule has 0 unspecified atom stereocenters. The minimum atomic E-state index is -1.53. The lowest BCUT2D eigenvalue weighted by molar-refractivity contribution is -0.131. The molecule has 2 atom stereocenters. The van der Waals surface area contributed by atoms with Gasteiger partial charge in [-0.2, -0.15) is 0 Å². The Hall–Kier alpha value is -3.49. The summed E-state index contributed by atoms with van der Waals surface area (Å²) in [6, 6.07) is 5.63. The van der Waals surface area contributed by atoms with Crippen LogP contribution in [0, 0.1) is 24.4 Å². The van der Waals surface area contributed by atoms with Crippen molar-refractivity contribution in [1.82, 2.24) is 19.9 Å². The van der Waals surface area contributed by atoms with Crippen molar-refractivity contribution in [2.24, 2.45) is 0 Å². The summed E-state index contributed by atoms with van der Waals surface area (Å²) in [4.78, 5) is 28.3. The molecule has 5 rings (SSSR count). The molecule has 4 heterocycles. The molecule has 2 aromatic heterocycles. The molecule has 0 bridgehead atoms. The number of amides is 1. The van der Waals surface area contributed by atoms with Crippen molar-refractivity contribution in [3.63, 3.8) is 0 Å². The highest BCUT2D eigenvalue weighted by molar-refractivity contribution is 5.84. The fraction of sp³-hybridized carbons (Fsp3) is 0.360. The Morgan fingerprint density at radius 3 is 2.53 bits per heavy atom. The van der Waals surface area contributed by atoms with Gasteiger partial charge >= 0.3 is 0 Å². The van der Waals surface area contributed by atoms with E-state index in [-0.39, 0.29) is 17.0 Å². The van der Waals surface area contributed by atoms with E-state index in [1.165, 1.54) is 0 Å². The number of benzene rings is 1. The van der Waals surface area contributed by atoms with Gasteiger partial charge in [-0.05, 0) is 68.5 Å². The van der Waals surface area contributed by atoms with Gasteiger partial charge in [0.05, 0.1) is 17.2 Å². The van der Waals surface area contributed by atoms with Crippen molar-refractivity contribution in [2.45, 2.75) is 44.6 Å². The molecular formula is C25H24F3N5O. The fourth-order valence-electron chi connectivity index (χ4n) is 4.91. The molecule has 2 aliphatic heterocycles. The van der Waals surface area contributed by atoms with E-state index in [0.29, 0.717) is 18.9 Å². The summed E-state index contributed by atoms with van der Waals surface area (Å²) < 4.78 is 40.7. The van der Waals surface area contributed by atoms with Crippen LogP contribution in [0.5, 0.6) is 0 Å². The van der Waals surface area contributed by atoms with E-state index in [2.05, 4.69) is 21.4 Å². The second-order valence-electron chi connectivity index (χ2n) is 9.14. The molecule has 176 valence electrons. The zero-order valence-electron chi connectivity index (χ0n) is 18.9. The van der Waals surface area contributed by atoms with Crippen molar-refractivity contribution >= 4 is 11.7 Å². The summed E-state index contributed by atoms with van der Waals surface area (Å²) in [7, 11) is 0. The number of nitrogens with one attached hydrogen (secondary N) is 1. The van der Waals surface area contributed by atoms with Crippen LogP contribution < -0.4 is 5.32 Å². The van der Waals surface area contributed by atoms with Crippen LogP contribution in [0.15, 0.2) is 36.7 Å². The first-order chi connectivity index (χ1) is 16.3. The fourth-order valence-corrected chi connectivity index (χ4v) is 4.91. The predicted molar refractivity (Wildman–Crippen MR) is 121 cm³/mol. The second-order valence-corrected chi connectivity index (χ2v) is 9.14. The van der Waals surface area contributed by atoms with Crippen LogP contribution in [0.2, 0.25) is 0 Å². The summed E-state index contributed by atoms with van der Waals surface area (Å²) in [6.07, 6.45) is 5.75. The molecule has 1 fully saturated rings. The number of carbonyl (C=O) groups is 1. The molecule has 1 aromatic carbocycles. The Labute approximate surface area is 195 Å². The Kier molecular flexibility index (Phi) is 5.50. The van der Waals surface area contributed by atoms with Crippen LogP contribution in [-0.2, 0) is 11.2 Å². The van der Waals surface area contributed by atoms with Crippen molar-refractivity contribution in [3.05, 3.63) is 70.9 Å². The second kappa shape index (κ2) is 8.38. The van der Waals surface area contributed by atoms with Gasteiger partial charge in [0, 0.05) is 31.0 Å². The van der Waals surface area contributed by atoms with Gasteiger partial charge in [0.2, 0.25) is 5.91 Å². The molecule has 1 saturated heterocycles. The Morgan fingerprint density at radius 1 is 1.12 bits per heavy atom. The minimum Gasteiger partial charge on any atom is -0.363 e. The van der Waals surface area contributed by atoms with Gasteiger partial charge in [0.15, 0.2) is 23.3 Å². The van der Waals surface area contributed by atoms with Crippen molar-refractivity contribution < 1.29 is 18.0 Å². The lowest BCUT2D eigenvalue weighted by Gasteiger charge is -2.36. The predicted octanol–water partition coefficient (Wildman–Crippen LogP) is 4.40. The number of aryl methyl sites for hydroxylation is 2. The first-order valence-corrected chi connectivity index (χ1v) is 11.3. The average Bonchev–Trinajstić information content (AvgIpc) is 3.24. The molecule has 0 aliphatic carbocycles. The highest BCUT2D eigenvalue weighted by Crippen LogP contribution is 2.38. The molecule has 3 aromatic rings. The summed E-state index contributed by atoms with van der Waals surface area (Å²) in [6.45, 7) is 4.49. The van der Waals surface area contributed by atoms with E-state index < -0.39 is 23.4 Å². The largest absolute Gasteiger partial charge is 0.363 e. The zero-order chi connectivity index (χ0) is 24.0. The first-order valence-electron chi connectivity index (χ1n) is 11.3. The van der Waals surface area contributed by atoms with Crippen molar-refractivity contribution in [3.8, 4) is 11.4 Å². The molecule has 2 aliphatic rings. The number of anilines is 1. The van der Waals surface area contributed by atoms with Gasteiger partial charge in [0.1, 0.15) is 5.82 Å². The maximum atomic E-state index is 13.7. The van der Waals surface area contributed by atoms with Crippen LogP contribution in [0.4, 0.5) is 19.0 Å². The summed E-state index contributed by atoms with van der Waals surface area (Å²) in [5.41, 5.74) is 2.60. The van der Waals surface area contributed by atoms with Gasteiger partial charge in [-0.1, -0.05) is 0 Å². The standard InChI is InChI=1S/C25H24F3N5O/c1-14(17-11-19(26)21(28)20(27)12-17)24(34)33-9-6-25(13-33)5-4-16-10-18(15(2)31-22(16)32-25)23-29-7-3-8-30-23/h3,7-8,10-12,14H,4-6,9,13H2,1-2H3,(H,31,32)/t14-,25+/m1/s1. The van der Waals surface area contributed by atoms with E-state index in [4.69, 9.17) is 4.98 Å². The van der Waals surface area contributed by atoms with Crippen molar-refractivity contribution in [1.29, 1.82) is 0 Å². The van der Waals surface area contributed by atoms with E-state index in [0.717, 1.165) is 54.0 Å². The van der Waals surface area contributed by atoms with Gasteiger partial charge in [-0.3, -0.25) is 4.79 Å². The Morgan fingerprint density at radius 2 is 1.82 bits per heavy atom. The molecule has 1 spiro atoms. The molecule has 34 heavy (non-hydrogen) atoms. The molecule has 0 radical (unpaired) electrons.